The van der Waals surface area contributed by atoms with Gasteiger partial charge < -0.3 is 9.47 Å². The standard InChI is InChI=1S/C18H15F2NO2S/c19-12-4-6-13(7-5-12)23-18-21-14-8-9-15(16(20)17(14)24-18)22-10-11-2-1-3-11/h4-9,11H,1-3,10H2. The Balaban J connectivity index is 1.55. The molecule has 3 nitrogen and oxygen atoms in total. The molecule has 0 aliphatic heterocycles. The number of halogens is 2. The number of aromatic nitrogens is 1. The number of nitrogens with zero attached hydrogens (tertiary/aromatic N) is 1. The average molecular weight is 347 g/mol. The molecule has 0 unspecified atom stereocenters. The molecule has 1 aliphatic carbocycles. The minimum absolute atomic E-state index is 0.256. The van der Waals surface area contributed by atoms with Crippen LogP contribution in [0.25, 0.3) is 10.2 Å². The van der Waals surface area contributed by atoms with Gasteiger partial charge in [0.2, 0.25) is 0 Å². The van der Waals surface area contributed by atoms with Crippen molar-refractivity contribution in [2.24, 2.45) is 5.92 Å². The van der Waals surface area contributed by atoms with Gasteiger partial charge in [-0.25, -0.2) is 13.8 Å². The van der Waals surface area contributed by atoms with Crippen molar-refractivity contribution in [2.75, 3.05) is 6.61 Å². The largest absolute Gasteiger partial charge is 0.490 e. The zero-order valence-corrected chi connectivity index (χ0v) is 13.6. The van der Waals surface area contributed by atoms with E-state index in [1.807, 2.05) is 0 Å². The van der Waals surface area contributed by atoms with E-state index in [0.29, 0.717) is 33.7 Å². The summed E-state index contributed by atoms with van der Waals surface area (Å²) in [6, 6.07) is 8.95. The monoisotopic (exact) mass is 347 g/mol. The van der Waals surface area contributed by atoms with Crippen molar-refractivity contribution in [2.45, 2.75) is 19.3 Å². The molecule has 0 radical (unpaired) electrons. The highest BCUT2D eigenvalue weighted by atomic mass is 32.1. The lowest BCUT2D eigenvalue weighted by Gasteiger charge is -2.25. The number of fused-ring (bicyclic) bond motifs is 1. The van der Waals surface area contributed by atoms with Crippen LogP contribution < -0.4 is 9.47 Å². The number of ether oxygens (including phenoxy) is 2. The van der Waals surface area contributed by atoms with E-state index in [1.54, 1.807) is 12.1 Å². The lowest BCUT2D eigenvalue weighted by molar-refractivity contribution is 0.176. The summed E-state index contributed by atoms with van der Waals surface area (Å²) in [5.41, 5.74) is 0.519. The molecule has 4 rings (SSSR count). The van der Waals surface area contributed by atoms with Crippen molar-refractivity contribution in [1.29, 1.82) is 0 Å². The van der Waals surface area contributed by atoms with Crippen LogP contribution in [-0.4, -0.2) is 11.6 Å². The molecule has 1 aliphatic rings. The first-order valence-electron chi connectivity index (χ1n) is 7.84. The molecule has 2 aromatic carbocycles. The van der Waals surface area contributed by atoms with Crippen molar-refractivity contribution in [3.05, 3.63) is 48.0 Å². The molecule has 124 valence electrons. The Kier molecular flexibility index (Phi) is 4.06. The molecule has 0 saturated heterocycles. The highest BCUT2D eigenvalue weighted by molar-refractivity contribution is 7.20. The first-order chi connectivity index (χ1) is 11.7. The molecule has 0 spiro atoms. The van der Waals surface area contributed by atoms with Crippen LogP contribution in [0.15, 0.2) is 36.4 Å². The van der Waals surface area contributed by atoms with E-state index in [4.69, 9.17) is 9.47 Å². The minimum Gasteiger partial charge on any atom is -0.490 e. The second-order valence-electron chi connectivity index (χ2n) is 5.87. The lowest BCUT2D eigenvalue weighted by atomic mass is 9.86. The Morgan fingerprint density at radius 2 is 1.88 bits per heavy atom. The van der Waals surface area contributed by atoms with Crippen LogP contribution in [0.5, 0.6) is 16.7 Å². The van der Waals surface area contributed by atoms with Gasteiger partial charge in [0.25, 0.3) is 5.19 Å². The third-order valence-electron chi connectivity index (χ3n) is 4.16. The first-order valence-corrected chi connectivity index (χ1v) is 8.66. The van der Waals surface area contributed by atoms with Gasteiger partial charge in [-0.15, -0.1) is 0 Å². The second kappa shape index (κ2) is 6.36. The maximum absolute atomic E-state index is 14.6. The molecule has 24 heavy (non-hydrogen) atoms. The lowest BCUT2D eigenvalue weighted by Crippen LogP contribution is -2.19. The Morgan fingerprint density at radius 3 is 2.58 bits per heavy atom. The SMILES string of the molecule is Fc1ccc(Oc2nc3ccc(OCC4CCC4)c(F)c3s2)cc1. The molecule has 1 fully saturated rings. The van der Waals surface area contributed by atoms with E-state index >= 15 is 0 Å². The highest BCUT2D eigenvalue weighted by Gasteiger charge is 2.20. The number of benzene rings is 2. The zero-order chi connectivity index (χ0) is 16.5. The summed E-state index contributed by atoms with van der Waals surface area (Å²) in [7, 11) is 0. The van der Waals surface area contributed by atoms with E-state index in [0.717, 1.165) is 24.2 Å². The number of hydrogen-bond donors (Lipinski definition) is 0. The van der Waals surface area contributed by atoms with Gasteiger partial charge >= 0.3 is 0 Å². The maximum atomic E-state index is 14.6. The normalized spacial score (nSPS) is 14.6. The molecule has 1 heterocycles. The van der Waals surface area contributed by atoms with Crippen molar-refractivity contribution in [3.8, 4) is 16.7 Å². The Labute approximate surface area is 141 Å². The molecule has 3 aromatic rings. The molecular weight excluding hydrogens is 332 g/mol. The summed E-state index contributed by atoms with van der Waals surface area (Å²) < 4.78 is 39.1. The summed E-state index contributed by atoms with van der Waals surface area (Å²) in [5, 5.41) is 0.312. The van der Waals surface area contributed by atoms with Crippen LogP contribution in [0.2, 0.25) is 0 Å². The summed E-state index contributed by atoms with van der Waals surface area (Å²) in [6.45, 7) is 0.556. The van der Waals surface area contributed by atoms with Crippen molar-refractivity contribution in [3.63, 3.8) is 0 Å². The van der Waals surface area contributed by atoms with E-state index in [2.05, 4.69) is 4.98 Å². The van der Waals surface area contributed by atoms with Gasteiger partial charge in [-0.1, -0.05) is 17.8 Å². The molecule has 0 atom stereocenters. The van der Waals surface area contributed by atoms with Crippen LogP contribution in [-0.2, 0) is 0 Å². The van der Waals surface area contributed by atoms with Crippen molar-refractivity contribution < 1.29 is 18.3 Å². The molecule has 0 N–H and O–H groups in total. The minimum atomic E-state index is -0.404. The maximum Gasteiger partial charge on any atom is 0.279 e. The van der Waals surface area contributed by atoms with Gasteiger partial charge in [-0.3, -0.25) is 0 Å². The third-order valence-corrected chi connectivity index (χ3v) is 5.10. The molecule has 1 aromatic heterocycles. The van der Waals surface area contributed by atoms with Crippen LogP contribution >= 0.6 is 11.3 Å². The van der Waals surface area contributed by atoms with Crippen LogP contribution in [0, 0.1) is 17.6 Å². The van der Waals surface area contributed by atoms with Gasteiger partial charge in [0.05, 0.1) is 16.8 Å². The number of hydrogen-bond acceptors (Lipinski definition) is 4. The van der Waals surface area contributed by atoms with Crippen LogP contribution in [0.3, 0.4) is 0 Å². The number of rotatable bonds is 5. The smallest absolute Gasteiger partial charge is 0.279 e. The second-order valence-corrected chi connectivity index (χ2v) is 6.83. The van der Waals surface area contributed by atoms with Gasteiger partial charge in [-0.2, -0.15) is 0 Å². The predicted octanol–water partition coefficient (Wildman–Crippen LogP) is 5.55. The Bertz CT molecular complexity index is 859. The van der Waals surface area contributed by atoms with Gasteiger partial charge in [0, 0.05) is 0 Å². The van der Waals surface area contributed by atoms with E-state index in [9.17, 15) is 8.78 Å². The van der Waals surface area contributed by atoms with Crippen LogP contribution in [0.4, 0.5) is 8.78 Å². The fourth-order valence-electron chi connectivity index (χ4n) is 2.55. The third kappa shape index (κ3) is 3.06. The number of thiazole rings is 1. The average Bonchev–Trinajstić information content (AvgIpc) is 2.94. The molecular formula is C18H15F2NO2S. The zero-order valence-electron chi connectivity index (χ0n) is 12.8. The fraction of sp³-hybridized carbons (Fsp3) is 0.278. The van der Waals surface area contributed by atoms with Crippen LogP contribution in [0.1, 0.15) is 19.3 Å². The Hall–Kier alpha value is -2.21. The van der Waals surface area contributed by atoms with Gasteiger partial charge in [0.1, 0.15) is 11.6 Å². The molecule has 6 heteroatoms. The topological polar surface area (TPSA) is 31.4 Å². The summed E-state index contributed by atoms with van der Waals surface area (Å²) in [5.74, 6) is 0.506. The quantitative estimate of drug-likeness (QED) is 0.607. The predicted molar refractivity (Wildman–Crippen MR) is 88.9 cm³/mol. The van der Waals surface area contributed by atoms with E-state index in [1.165, 1.54) is 30.7 Å². The summed E-state index contributed by atoms with van der Waals surface area (Å²) >= 11 is 1.11. The molecule has 0 bridgehead atoms. The molecule has 1 saturated carbocycles. The van der Waals surface area contributed by atoms with E-state index < -0.39 is 5.82 Å². The van der Waals surface area contributed by atoms with Crippen molar-refractivity contribution >= 4 is 21.6 Å². The summed E-state index contributed by atoms with van der Waals surface area (Å²) in [4.78, 5) is 4.26. The van der Waals surface area contributed by atoms with E-state index in [-0.39, 0.29) is 11.6 Å². The Morgan fingerprint density at radius 1 is 1.08 bits per heavy atom. The highest BCUT2D eigenvalue weighted by Crippen LogP contribution is 2.36. The fourth-order valence-corrected chi connectivity index (χ4v) is 3.41. The van der Waals surface area contributed by atoms with Crippen molar-refractivity contribution in [1.82, 2.24) is 4.98 Å². The molecule has 0 amide bonds. The van der Waals surface area contributed by atoms with Gasteiger partial charge in [0.15, 0.2) is 11.6 Å². The van der Waals surface area contributed by atoms with Gasteiger partial charge in [-0.05, 0) is 55.2 Å². The first kappa shape index (κ1) is 15.3. The summed E-state index contributed by atoms with van der Waals surface area (Å²) in [6.07, 6.45) is 3.54.